The van der Waals surface area contributed by atoms with Crippen LogP contribution in [0.2, 0.25) is 0 Å². The van der Waals surface area contributed by atoms with Crippen molar-refractivity contribution < 1.29 is 5.11 Å². The summed E-state index contributed by atoms with van der Waals surface area (Å²) < 4.78 is 0. The summed E-state index contributed by atoms with van der Waals surface area (Å²) in [6, 6.07) is 7.74. The molecular formula is C14H21NO. The summed E-state index contributed by atoms with van der Waals surface area (Å²) in [4.78, 5) is 0. The number of phenols is 1. The minimum Gasteiger partial charge on any atom is -0.508 e. The van der Waals surface area contributed by atoms with E-state index in [-0.39, 0.29) is 5.41 Å². The summed E-state index contributed by atoms with van der Waals surface area (Å²) in [7, 11) is 0. The third-order valence-electron chi connectivity index (χ3n) is 3.89. The van der Waals surface area contributed by atoms with Gasteiger partial charge >= 0.3 is 0 Å². The minimum absolute atomic E-state index is 0.228. The van der Waals surface area contributed by atoms with Gasteiger partial charge in [0.25, 0.3) is 0 Å². The number of rotatable bonds is 3. The van der Waals surface area contributed by atoms with Crippen molar-refractivity contribution in [3.8, 4) is 5.75 Å². The molecule has 1 fully saturated rings. The van der Waals surface area contributed by atoms with Gasteiger partial charge < -0.3 is 10.8 Å². The Morgan fingerprint density at radius 3 is 2.56 bits per heavy atom. The molecule has 16 heavy (non-hydrogen) atoms. The summed E-state index contributed by atoms with van der Waals surface area (Å²) in [5.74, 6) is 0.375. The smallest absolute Gasteiger partial charge is 0.115 e. The van der Waals surface area contributed by atoms with Gasteiger partial charge in [-0.1, -0.05) is 31.4 Å². The van der Waals surface area contributed by atoms with Crippen LogP contribution in [-0.4, -0.2) is 11.7 Å². The fourth-order valence-corrected chi connectivity index (χ4v) is 3.02. The van der Waals surface area contributed by atoms with Crippen molar-refractivity contribution in [3.05, 3.63) is 29.8 Å². The van der Waals surface area contributed by atoms with Gasteiger partial charge in [-0.05, 0) is 48.9 Å². The molecule has 0 aliphatic heterocycles. The standard InChI is InChI=1S/C14H21NO/c15-10-9-14(7-2-1-3-8-14)12-5-4-6-13(16)11-12/h4-6,11,16H,1-3,7-10,15H2. The van der Waals surface area contributed by atoms with Gasteiger partial charge in [0.15, 0.2) is 0 Å². The van der Waals surface area contributed by atoms with Crippen molar-refractivity contribution >= 4 is 0 Å². The molecule has 0 bridgehead atoms. The molecule has 88 valence electrons. The molecule has 0 unspecified atom stereocenters. The molecule has 0 amide bonds. The Balaban J connectivity index is 2.30. The Kier molecular flexibility index (Phi) is 3.49. The molecular weight excluding hydrogens is 198 g/mol. The van der Waals surface area contributed by atoms with Crippen LogP contribution >= 0.6 is 0 Å². The van der Waals surface area contributed by atoms with Gasteiger partial charge in [0, 0.05) is 0 Å². The maximum Gasteiger partial charge on any atom is 0.115 e. The van der Waals surface area contributed by atoms with E-state index >= 15 is 0 Å². The van der Waals surface area contributed by atoms with Gasteiger partial charge in [-0.25, -0.2) is 0 Å². The van der Waals surface area contributed by atoms with Crippen LogP contribution in [0.3, 0.4) is 0 Å². The summed E-state index contributed by atoms with van der Waals surface area (Å²) in [6.45, 7) is 0.732. The molecule has 0 spiro atoms. The van der Waals surface area contributed by atoms with E-state index in [1.54, 1.807) is 6.07 Å². The predicted molar refractivity (Wildman–Crippen MR) is 66.5 cm³/mol. The average molecular weight is 219 g/mol. The van der Waals surface area contributed by atoms with E-state index in [9.17, 15) is 5.11 Å². The van der Waals surface area contributed by atoms with Gasteiger partial charge in [-0.2, -0.15) is 0 Å². The summed E-state index contributed by atoms with van der Waals surface area (Å²) in [5.41, 5.74) is 7.26. The Morgan fingerprint density at radius 1 is 1.19 bits per heavy atom. The van der Waals surface area contributed by atoms with E-state index in [1.807, 2.05) is 12.1 Å². The predicted octanol–water partition coefficient (Wildman–Crippen LogP) is 2.94. The molecule has 1 aliphatic carbocycles. The summed E-state index contributed by atoms with van der Waals surface area (Å²) in [6.07, 6.45) is 7.38. The van der Waals surface area contributed by atoms with E-state index in [4.69, 9.17) is 5.73 Å². The van der Waals surface area contributed by atoms with Crippen molar-refractivity contribution in [2.24, 2.45) is 5.73 Å². The molecule has 0 saturated heterocycles. The van der Waals surface area contributed by atoms with Crippen LogP contribution in [0, 0.1) is 0 Å². The highest BCUT2D eigenvalue weighted by Gasteiger charge is 2.33. The van der Waals surface area contributed by atoms with Gasteiger partial charge in [0.2, 0.25) is 0 Å². The van der Waals surface area contributed by atoms with E-state index in [2.05, 4.69) is 6.07 Å². The van der Waals surface area contributed by atoms with Crippen molar-refractivity contribution in [2.75, 3.05) is 6.54 Å². The van der Waals surface area contributed by atoms with E-state index in [1.165, 1.54) is 37.7 Å². The molecule has 3 N–H and O–H groups in total. The van der Waals surface area contributed by atoms with E-state index in [0.717, 1.165) is 13.0 Å². The van der Waals surface area contributed by atoms with Gasteiger partial charge in [0.05, 0.1) is 0 Å². The third-order valence-corrected chi connectivity index (χ3v) is 3.89. The lowest BCUT2D eigenvalue weighted by atomic mass is 9.67. The van der Waals surface area contributed by atoms with Crippen molar-refractivity contribution in [3.63, 3.8) is 0 Å². The first kappa shape index (κ1) is 11.5. The third kappa shape index (κ3) is 2.22. The number of aromatic hydroxyl groups is 1. The van der Waals surface area contributed by atoms with Gasteiger partial charge in [0.1, 0.15) is 5.75 Å². The lowest BCUT2D eigenvalue weighted by Gasteiger charge is -2.38. The molecule has 2 nitrogen and oxygen atoms in total. The molecule has 0 heterocycles. The molecule has 1 saturated carbocycles. The highest BCUT2D eigenvalue weighted by molar-refractivity contribution is 5.33. The first-order valence-corrected chi connectivity index (χ1v) is 6.26. The van der Waals surface area contributed by atoms with Crippen LogP contribution in [0.4, 0.5) is 0 Å². The molecule has 0 atom stereocenters. The second-order valence-corrected chi connectivity index (χ2v) is 4.93. The van der Waals surface area contributed by atoms with Crippen molar-refractivity contribution in [1.82, 2.24) is 0 Å². The normalized spacial score (nSPS) is 19.6. The summed E-state index contributed by atoms with van der Waals surface area (Å²) in [5, 5.41) is 9.60. The Labute approximate surface area is 97.5 Å². The maximum atomic E-state index is 9.60. The molecule has 1 aliphatic rings. The lowest BCUT2D eigenvalue weighted by Crippen LogP contribution is -2.31. The minimum atomic E-state index is 0.228. The fraction of sp³-hybridized carbons (Fsp3) is 0.571. The number of nitrogens with two attached hydrogens (primary N) is 1. The lowest BCUT2D eigenvalue weighted by molar-refractivity contribution is 0.276. The van der Waals surface area contributed by atoms with Crippen molar-refractivity contribution in [1.29, 1.82) is 0 Å². The Hall–Kier alpha value is -1.02. The van der Waals surface area contributed by atoms with Crippen LogP contribution in [0.1, 0.15) is 44.1 Å². The van der Waals surface area contributed by atoms with Gasteiger partial charge in [-0.3, -0.25) is 0 Å². The van der Waals surface area contributed by atoms with Crippen LogP contribution in [-0.2, 0) is 5.41 Å². The molecule has 0 radical (unpaired) electrons. The molecule has 2 rings (SSSR count). The largest absolute Gasteiger partial charge is 0.508 e. The topological polar surface area (TPSA) is 46.2 Å². The zero-order valence-electron chi connectivity index (χ0n) is 9.78. The Morgan fingerprint density at radius 2 is 1.94 bits per heavy atom. The van der Waals surface area contributed by atoms with Crippen LogP contribution in [0.5, 0.6) is 5.75 Å². The van der Waals surface area contributed by atoms with Crippen LogP contribution < -0.4 is 5.73 Å². The quantitative estimate of drug-likeness (QED) is 0.821. The highest BCUT2D eigenvalue weighted by atomic mass is 16.3. The SMILES string of the molecule is NCCC1(c2cccc(O)c2)CCCCC1. The average Bonchev–Trinajstić information content (AvgIpc) is 2.31. The number of hydrogen-bond donors (Lipinski definition) is 2. The number of benzene rings is 1. The zero-order chi connectivity index (χ0) is 11.4. The maximum absolute atomic E-state index is 9.60. The number of phenolic OH excluding ortho intramolecular Hbond substituents is 1. The zero-order valence-corrected chi connectivity index (χ0v) is 9.78. The van der Waals surface area contributed by atoms with Crippen LogP contribution in [0.15, 0.2) is 24.3 Å². The fourth-order valence-electron chi connectivity index (χ4n) is 3.02. The van der Waals surface area contributed by atoms with Gasteiger partial charge in [-0.15, -0.1) is 0 Å². The Bertz CT molecular complexity index is 337. The summed E-state index contributed by atoms with van der Waals surface area (Å²) >= 11 is 0. The van der Waals surface area contributed by atoms with E-state index in [0.29, 0.717) is 5.75 Å². The van der Waals surface area contributed by atoms with Crippen LogP contribution in [0.25, 0.3) is 0 Å². The van der Waals surface area contributed by atoms with Crippen molar-refractivity contribution in [2.45, 2.75) is 43.9 Å². The van der Waals surface area contributed by atoms with E-state index < -0.39 is 0 Å². The first-order chi connectivity index (χ1) is 7.77. The molecule has 0 aromatic heterocycles. The first-order valence-electron chi connectivity index (χ1n) is 6.26. The second kappa shape index (κ2) is 4.88. The molecule has 1 aromatic carbocycles. The molecule has 2 heteroatoms. The highest BCUT2D eigenvalue weighted by Crippen LogP contribution is 2.42. The second-order valence-electron chi connectivity index (χ2n) is 4.93. The number of hydrogen-bond acceptors (Lipinski definition) is 2. The monoisotopic (exact) mass is 219 g/mol. The molecule has 1 aromatic rings.